The van der Waals surface area contributed by atoms with Crippen LogP contribution in [0.5, 0.6) is 0 Å². The average Bonchev–Trinajstić information content (AvgIpc) is 2.95. The van der Waals surface area contributed by atoms with Gasteiger partial charge in [-0.15, -0.1) is 0 Å². The lowest BCUT2D eigenvalue weighted by molar-refractivity contribution is -0.203. The van der Waals surface area contributed by atoms with Crippen LogP contribution in [0.25, 0.3) is 0 Å². The van der Waals surface area contributed by atoms with Crippen molar-refractivity contribution >= 4 is 0 Å². The number of rotatable bonds is 1. The summed E-state index contributed by atoms with van der Waals surface area (Å²) in [6, 6.07) is 0.893. The fraction of sp³-hybridized carbons (Fsp3) is 1.00. The summed E-state index contributed by atoms with van der Waals surface area (Å²) >= 11 is 0. The SMILES string of the molecule is CC(C)(C)N1CC2(CN(C3CC3)CCO2)C1. The molecular formula is C13H24N2O. The molecular weight excluding hydrogens is 200 g/mol. The smallest absolute Gasteiger partial charge is 0.106 e. The molecule has 0 amide bonds. The van der Waals surface area contributed by atoms with Gasteiger partial charge in [0.25, 0.3) is 0 Å². The van der Waals surface area contributed by atoms with Crippen LogP contribution >= 0.6 is 0 Å². The summed E-state index contributed by atoms with van der Waals surface area (Å²) < 4.78 is 6.05. The Balaban J connectivity index is 1.59. The first-order valence-corrected chi connectivity index (χ1v) is 6.62. The number of ether oxygens (including phenoxy) is 1. The van der Waals surface area contributed by atoms with E-state index in [1.165, 1.54) is 19.4 Å². The third-order valence-electron chi connectivity index (χ3n) is 4.25. The van der Waals surface area contributed by atoms with Gasteiger partial charge >= 0.3 is 0 Å². The molecule has 3 heteroatoms. The molecule has 1 spiro atoms. The molecule has 0 atom stereocenters. The van der Waals surface area contributed by atoms with E-state index < -0.39 is 0 Å². The molecule has 0 radical (unpaired) electrons. The van der Waals surface area contributed by atoms with Crippen LogP contribution in [0.15, 0.2) is 0 Å². The van der Waals surface area contributed by atoms with Crippen molar-refractivity contribution in [1.82, 2.24) is 9.80 Å². The topological polar surface area (TPSA) is 15.7 Å². The maximum atomic E-state index is 6.05. The lowest BCUT2D eigenvalue weighted by atomic mass is 9.86. The van der Waals surface area contributed by atoms with Crippen LogP contribution in [-0.4, -0.2) is 59.8 Å². The second-order valence-corrected chi connectivity index (χ2v) is 6.76. The summed E-state index contributed by atoms with van der Waals surface area (Å²) in [7, 11) is 0. The van der Waals surface area contributed by atoms with Gasteiger partial charge in [0.05, 0.1) is 6.61 Å². The Kier molecular flexibility index (Phi) is 2.36. The van der Waals surface area contributed by atoms with E-state index >= 15 is 0 Å². The van der Waals surface area contributed by atoms with Crippen LogP contribution in [0.3, 0.4) is 0 Å². The fourth-order valence-corrected chi connectivity index (χ4v) is 2.94. The first-order chi connectivity index (χ1) is 7.49. The van der Waals surface area contributed by atoms with E-state index in [4.69, 9.17) is 4.74 Å². The van der Waals surface area contributed by atoms with E-state index in [0.29, 0.717) is 5.54 Å². The van der Waals surface area contributed by atoms with Gasteiger partial charge in [-0.25, -0.2) is 0 Å². The maximum Gasteiger partial charge on any atom is 0.106 e. The largest absolute Gasteiger partial charge is 0.370 e. The van der Waals surface area contributed by atoms with Crippen molar-refractivity contribution in [1.29, 1.82) is 0 Å². The quantitative estimate of drug-likeness (QED) is 0.668. The second kappa shape index (κ2) is 3.44. The number of nitrogens with zero attached hydrogens (tertiary/aromatic N) is 2. The fourth-order valence-electron chi connectivity index (χ4n) is 2.94. The van der Waals surface area contributed by atoms with Crippen molar-refractivity contribution in [3.8, 4) is 0 Å². The van der Waals surface area contributed by atoms with E-state index in [2.05, 4.69) is 30.6 Å². The van der Waals surface area contributed by atoms with Gasteiger partial charge in [0.1, 0.15) is 5.60 Å². The monoisotopic (exact) mass is 224 g/mol. The molecule has 1 saturated carbocycles. The first kappa shape index (κ1) is 11.0. The van der Waals surface area contributed by atoms with Crippen molar-refractivity contribution in [2.75, 3.05) is 32.8 Å². The molecule has 0 aromatic carbocycles. The molecule has 0 aromatic heterocycles. The molecule has 0 N–H and O–H groups in total. The molecule has 2 aliphatic heterocycles. The highest BCUT2D eigenvalue weighted by Gasteiger charge is 2.51. The summed E-state index contributed by atoms with van der Waals surface area (Å²) in [6.07, 6.45) is 2.83. The Labute approximate surface area is 98.7 Å². The maximum absolute atomic E-state index is 6.05. The molecule has 2 heterocycles. The number of hydrogen-bond acceptors (Lipinski definition) is 3. The third kappa shape index (κ3) is 1.89. The molecule has 0 bridgehead atoms. The van der Waals surface area contributed by atoms with Crippen LogP contribution in [0.4, 0.5) is 0 Å². The predicted octanol–water partition coefficient (Wildman–Crippen LogP) is 1.33. The Morgan fingerprint density at radius 3 is 2.38 bits per heavy atom. The van der Waals surface area contributed by atoms with Crippen molar-refractivity contribution in [3.63, 3.8) is 0 Å². The third-order valence-corrected chi connectivity index (χ3v) is 4.25. The Morgan fingerprint density at radius 1 is 1.12 bits per heavy atom. The first-order valence-electron chi connectivity index (χ1n) is 6.62. The lowest BCUT2D eigenvalue weighted by Crippen LogP contribution is -2.73. The van der Waals surface area contributed by atoms with E-state index in [9.17, 15) is 0 Å². The van der Waals surface area contributed by atoms with Crippen LogP contribution in [-0.2, 0) is 4.74 Å². The van der Waals surface area contributed by atoms with Crippen LogP contribution in [0.1, 0.15) is 33.6 Å². The van der Waals surface area contributed by atoms with Crippen molar-refractivity contribution in [2.45, 2.75) is 50.8 Å². The van der Waals surface area contributed by atoms with Crippen LogP contribution in [0, 0.1) is 0 Å². The van der Waals surface area contributed by atoms with E-state index in [1.54, 1.807) is 0 Å². The molecule has 3 fully saturated rings. The van der Waals surface area contributed by atoms with Crippen molar-refractivity contribution in [2.24, 2.45) is 0 Å². The summed E-state index contributed by atoms with van der Waals surface area (Å²) in [5, 5.41) is 0. The van der Waals surface area contributed by atoms with Gasteiger partial charge in [0.15, 0.2) is 0 Å². The lowest BCUT2D eigenvalue weighted by Gasteiger charge is -2.58. The minimum Gasteiger partial charge on any atom is -0.370 e. The van der Waals surface area contributed by atoms with Gasteiger partial charge in [0, 0.05) is 37.8 Å². The molecule has 0 aromatic rings. The number of likely N-dealkylation sites (tertiary alicyclic amines) is 1. The van der Waals surface area contributed by atoms with Gasteiger partial charge in [-0.05, 0) is 33.6 Å². The molecule has 0 unspecified atom stereocenters. The standard InChI is InChI=1S/C13H24N2O/c1-12(2,3)15-9-13(10-15)8-14(6-7-16-13)11-4-5-11/h11H,4-10H2,1-3H3. The molecule has 3 nitrogen and oxygen atoms in total. The predicted molar refractivity (Wildman–Crippen MR) is 64.6 cm³/mol. The van der Waals surface area contributed by atoms with Gasteiger partial charge in [-0.2, -0.15) is 0 Å². The van der Waals surface area contributed by atoms with Crippen LogP contribution < -0.4 is 0 Å². The van der Waals surface area contributed by atoms with Gasteiger partial charge in [-0.1, -0.05) is 0 Å². The Bertz CT molecular complexity index is 274. The molecule has 92 valence electrons. The summed E-state index contributed by atoms with van der Waals surface area (Å²) in [6.45, 7) is 12.4. The number of hydrogen-bond donors (Lipinski definition) is 0. The molecule has 3 aliphatic rings. The van der Waals surface area contributed by atoms with Gasteiger partial charge in [-0.3, -0.25) is 9.80 Å². The van der Waals surface area contributed by atoms with Gasteiger partial charge in [0.2, 0.25) is 0 Å². The molecule has 3 rings (SSSR count). The summed E-state index contributed by atoms with van der Waals surface area (Å²) in [5.74, 6) is 0. The summed E-state index contributed by atoms with van der Waals surface area (Å²) in [5.41, 5.74) is 0.477. The number of morpholine rings is 1. The minimum absolute atomic E-state index is 0.175. The molecule has 1 aliphatic carbocycles. The summed E-state index contributed by atoms with van der Waals surface area (Å²) in [4.78, 5) is 5.19. The highest BCUT2D eigenvalue weighted by Crippen LogP contribution is 2.37. The van der Waals surface area contributed by atoms with E-state index in [-0.39, 0.29) is 5.60 Å². The average molecular weight is 224 g/mol. The molecule has 2 saturated heterocycles. The van der Waals surface area contributed by atoms with E-state index in [0.717, 1.165) is 32.3 Å². The Hall–Kier alpha value is -0.120. The van der Waals surface area contributed by atoms with Crippen molar-refractivity contribution < 1.29 is 4.74 Å². The Morgan fingerprint density at radius 2 is 1.81 bits per heavy atom. The van der Waals surface area contributed by atoms with E-state index in [1.807, 2.05) is 0 Å². The highest BCUT2D eigenvalue weighted by atomic mass is 16.5. The molecule has 16 heavy (non-hydrogen) atoms. The van der Waals surface area contributed by atoms with Gasteiger partial charge < -0.3 is 4.74 Å². The second-order valence-electron chi connectivity index (χ2n) is 6.76. The zero-order valence-electron chi connectivity index (χ0n) is 10.8. The zero-order valence-corrected chi connectivity index (χ0v) is 10.8. The highest BCUT2D eigenvalue weighted by molar-refractivity contribution is 5.06. The van der Waals surface area contributed by atoms with Crippen molar-refractivity contribution in [3.05, 3.63) is 0 Å². The normalized spacial score (nSPS) is 31.7. The zero-order chi connectivity index (χ0) is 11.4. The van der Waals surface area contributed by atoms with Crippen LogP contribution in [0.2, 0.25) is 0 Å². The minimum atomic E-state index is 0.175.